The zero-order chi connectivity index (χ0) is 34.3. The molecule has 2 aromatic rings. The van der Waals surface area contributed by atoms with Crippen LogP contribution in [0.15, 0.2) is 72.4 Å². The van der Waals surface area contributed by atoms with E-state index in [9.17, 15) is 22.8 Å². The molecule has 1 heterocycles. The molecular weight excluding hydrogens is 644 g/mol. The van der Waals surface area contributed by atoms with Crippen LogP contribution in [0.4, 0.5) is 0 Å². The van der Waals surface area contributed by atoms with Gasteiger partial charge in [-0.25, -0.2) is 8.42 Å². The number of ether oxygens (including phenoxy) is 1. The number of nitrogens with zero attached hydrogens (tertiary/aromatic N) is 2. The molecule has 3 amide bonds. The van der Waals surface area contributed by atoms with Gasteiger partial charge in [0.25, 0.3) is 5.91 Å². The van der Waals surface area contributed by atoms with Crippen molar-refractivity contribution in [2.45, 2.75) is 68.3 Å². The van der Waals surface area contributed by atoms with E-state index >= 15 is 0 Å². The molecule has 0 saturated heterocycles. The molecule has 258 valence electrons. The second-order valence-corrected chi connectivity index (χ2v) is 15.8. The third-order valence-electron chi connectivity index (χ3n) is 10.4. The predicted octanol–water partition coefficient (Wildman–Crippen LogP) is 4.08. The van der Waals surface area contributed by atoms with E-state index in [1.165, 1.54) is 0 Å². The van der Waals surface area contributed by atoms with Gasteiger partial charge in [0.1, 0.15) is 29.7 Å². The highest BCUT2D eigenvalue weighted by atomic mass is 32.2. The number of amides is 3. The van der Waals surface area contributed by atoms with Gasteiger partial charge in [-0.1, -0.05) is 47.6 Å². The molecule has 4 bridgehead atoms. The second-order valence-electron chi connectivity index (χ2n) is 13.8. The van der Waals surface area contributed by atoms with Crippen LogP contribution in [0.3, 0.4) is 0 Å². The Hall–Kier alpha value is -4.45. The Bertz CT molecular complexity index is 1850. The van der Waals surface area contributed by atoms with Crippen molar-refractivity contribution in [1.29, 1.82) is 0 Å². The lowest BCUT2D eigenvalue weighted by atomic mass is 9.93. The summed E-state index contributed by atoms with van der Waals surface area (Å²) in [7, 11) is -2.08. The summed E-state index contributed by atoms with van der Waals surface area (Å²) < 4.78 is 33.5. The minimum Gasteiger partial charge on any atom is -0.490 e. The van der Waals surface area contributed by atoms with E-state index in [2.05, 4.69) is 27.8 Å². The number of carbonyl (C=O) groups excluding carboxylic acids is 3. The molecule has 2 N–H and O–H groups in total. The Morgan fingerprint density at radius 3 is 2.57 bits per heavy atom. The summed E-state index contributed by atoms with van der Waals surface area (Å²) in [5, 5.41) is 6.93. The summed E-state index contributed by atoms with van der Waals surface area (Å²) in [6, 6.07) is 13.9. The minimum absolute atomic E-state index is 0.173. The van der Waals surface area contributed by atoms with Crippen molar-refractivity contribution in [2.24, 2.45) is 22.9 Å². The van der Waals surface area contributed by atoms with Crippen LogP contribution in [0.5, 0.6) is 5.75 Å². The van der Waals surface area contributed by atoms with Crippen LogP contribution in [0.1, 0.15) is 62.5 Å². The summed E-state index contributed by atoms with van der Waals surface area (Å²) >= 11 is 0. The van der Waals surface area contributed by atoms with Gasteiger partial charge in [-0.05, 0) is 80.7 Å². The first kappa shape index (κ1) is 33.1. The fourth-order valence-electron chi connectivity index (χ4n) is 7.34. The highest BCUT2D eigenvalue weighted by molar-refractivity contribution is 7.91. The molecule has 7 rings (SSSR count). The third kappa shape index (κ3) is 6.50. The van der Waals surface area contributed by atoms with Crippen molar-refractivity contribution in [2.75, 3.05) is 20.2 Å². The molecule has 0 spiro atoms. The highest BCUT2D eigenvalue weighted by Gasteiger charge is 2.62. The number of allylic oxidation sites excluding steroid dienone is 1. The van der Waals surface area contributed by atoms with Crippen molar-refractivity contribution in [3.63, 3.8) is 0 Å². The van der Waals surface area contributed by atoms with Gasteiger partial charge in [0.2, 0.25) is 21.8 Å². The van der Waals surface area contributed by atoms with E-state index in [1.54, 1.807) is 18.0 Å². The fourth-order valence-corrected chi connectivity index (χ4v) is 8.71. The molecule has 12 heteroatoms. The maximum atomic E-state index is 14.1. The van der Waals surface area contributed by atoms with E-state index in [4.69, 9.17) is 9.57 Å². The average Bonchev–Trinajstić information content (AvgIpc) is 4.00. The van der Waals surface area contributed by atoms with E-state index in [-0.39, 0.29) is 25.2 Å². The molecule has 5 aliphatic rings. The van der Waals surface area contributed by atoms with E-state index in [1.807, 2.05) is 48.5 Å². The lowest BCUT2D eigenvalue weighted by Gasteiger charge is -2.26. The van der Waals surface area contributed by atoms with Gasteiger partial charge >= 0.3 is 0 Å². The van der Waals surface area contributed by atoms with Gasteiger partial charge in [0.15, 0.2) is 0 Å². The number of sulfonamides is 1. The zero-order valence-corrected chi connectivity index (χ0v) is 28.4. The van der Waals surface area contributed by atoms with Crippen molar-refractivity contribution < 1.29 is 32.4 Å². The van der Waals surface area contributed by atoms with Gasteiger partial charge in [0, 0.05) is 30.6 Å². The number of benzene rings is 2. The zero-order valence-electron chi connectivity index (χ0n) is 27.6. The molecule has 0 radical (unpaired) electrons. The smallest absolute Gasteiger partial charge is 0.259 e. The normalized spacial score (nSPS) is 28.1. The first-order valence-corrected chi connectivity index (χ1v) is 18.7. The van der Waals surface area contributed by atoms with Gasteiger partial charge in [0.05, 0.1) is 17.1 Å². The molecule has 1 aliphatic heterocycles. The molecular formula is C37H42N4O7S. The topological polar surface area (TPSA) is 143 Å². The van der Waals surface area contributed by atoms with Crippen LogP contribution >= 0.6 is 0 Å². The number of hydrogen-bond donors (Lipinski definition) is 2. The van der Waals surface area contributed by atoms with E-state index < -0.39 is 56.5 Å². The van der Waals surface area contributed by atoms with Crippen LogP contribution in [-0.2, 0) is 29.2 Å². The lowest BCUT2D eigenvalue weighted by Crippen LogP contribution is -2.54. The predicted molar refractivity (Wildman–Crippen MR) is 184 cm³/mol. The second kappa shape index (κ2) is 13.1. The molecule has 4 aliphatic carbocycles. The average molecular weight is 687 g/mol. The summed E-state index contributed by atoms with van der Waals surface area (Å²) in [6.07, 6.45) is 9.28. The summed E-state index contributed by atoms with van der Waals surface area (Å²) in [5.41, 5.74) is 3.04. The standard InChI is InChI=1S/C37H42N4O7S/c1-3-23-22-37(23,36(44)40-49(45,46)26-14-15-26)38-34(42)31-20-25-21-32(31)35(43)41(2)17-9-5-4-6-10-18-47-24-13-16-28-27-11-7-8-12-29(27)33(39-48-25)30(28)19-24/h3,6-8,10-13,16,19,23,25-26,31-32H,1,4-5,9,14-15,17-18,20-22H2,2H3,(H,38,42)(H,40,44)/t23-,25-,31-,32-,37-/m1/s1. The molecule has 3 fully saturated rings. The Labute approximate surface area is 286 Å². The van der Waals surface area contributed by atoms with Crippen LogP contribution < -0.4 is 14.8 Å². The molecule has 0 aromatic heterocycles. The number of rotatable bonds is 6. The maximum Gasteiger partial charge on any atom is 0.259 e. The Morgan fingerprint density at radius 2 is 1.82 bits per heavy atom. The Kier molecular flexibility index (Phi) is 8.85. The number of hydrogen-bond acceptors (Lipinski definition) is 8. The largest absolute Gasteiger partial charge is 0.490 e. The highest BCUT2D eigenvalue weighted by Crippen LogP contribution is 2.47. The molecule has 0 unspecified atom stereocenters. The Morgan fingerprint density at radius 1 is 1.04 bits per heavy atom. The number of carbonyl (C=O) groups is 3. The van der Waals surface area contributed by atoms with Crippen LogP contribution in [-0.4, -0.2) is 73.8 Å². The van der Waals surface area contributed by atoms with Crippen LogP contribution in [0, 0.1) is 17.8 Å². The quantitative estimate of drug-likeness (QED) is 0.372. The molecule has 5 atom stereocenters. The number of oxime groups is 1. The van der Waals surface area contributed by atoms with E-state index in [0.29, 0.717) is 37.5 Å². The number of fused-ring (bicyclic) bond motifs is 6. The lowest BCUT2D eigenvalue weighted by molar-refractivity contribution is -0.140. The SMILES string of the molecule is C=C[C@@H]1C[C@]1(NC(=O)[C@@H]1C[C@@H]2C[C@H]1C(=O)N(C)CCCCC=CCOc1ccc3c(c1)C(=NO2)c1ccccc1-3)C(=O)NS(=O)(=O)C1CC1. The Balaban J connectivity index is 1.17. The van der Waals surface area contributed by atoms with Gasteiger partial charge in [-0.15, -0.1) is 6.58 Å². The van der Waals surface area contributed by atoms with Crippen molar-refractivity contribution in [3.05, 3.63) is 78.4 Å². The minimum atomic E-state index is -3.82. The van der Waals surface area contributed by atoms with Crippen molar-refractivity contribution in [3.8, 4) is 16.9 Å². The maximum absolute atomic E-state index is 14.1. The fraction of sp³-hybridized carbons (Fsp3) is 0.459. The molecule has 49 heavy (non-hydrogen) atoms. The monoisotopic (exact) mass is 686 g/mol. The molecule has 11 nitrogen and oxygen atoms in total. The van der Waals surface area contributed by atoms with Gasteiger partial charge < -0.3 is 19.8 Å². The summed E-state index contributed by atoms with van der Waals surface area (Å²) in [4.78, 5) is 49.2. The van der Waals surface area contributed by atoms with Crippen molar-refractivity contribution >= 4 is 33.5 Å². The first-order chi connectivity index (χ1) is 23.6. The van der Waals surface area contributed by atoms with E-state index in [0.717, 1.165) is 41.5 Å². The first-order valence-electron chi connectivity index (χ1n) is 17.1. The van der Waals surface area contributed by atoms with Gasteiger partial charge in [-0.2, -0.15) is 0 Å². The summed E-state index contributed by atoms with van der Waals surface area (Å²) in [6.45, 7) is 4.75. The molecule has 2 aromatic carbocycles. The summed E-state index contributed by atoms with van der Waals surface area (Å²) in [5.74, 6) is -2.66. The van der Waals surface area contributed by atoms with Crippen LogP contribution in [0.25, 0.3) is 11.1 Å². The molecule has 3 saturated carbocycles. The number of nitrogens with one attached hydrogen (secondary N) is 2. The third-order valence-corrected chi connectivity index (χ3v) is 12.3. The van der Waals surface area contributed by atoms with Crippen LogP contribution in [0.2, 0.25) is 0 Å². The van der Waals surface area contributed by atoms with Gasteiger partial charge in [-0.3, -0.25) is 19.1 Å². The van der Waals surface area contributed by atoms with Crippen molar-refractivity contribution in [1.82, 2.24) is 14.9 Å².